The third-order valence-corrected chi connectivity index (χ3v) is 15.7. The lowest BCUT2D eigenvalue weighted by Crippen LogP contribution is -2.53. The lowest BCUT2D eigenvalue weighted by molar-refractivity contribution is -0.135. The van der Waals surface area contributed by atoms with Crippen LogP contribution in [0.15, 0.2) is 75.8 Å². The van der Waals surface area contributed by atoms with Crippen molar-refractivity contribution in [2.75, 3.05) is 18.5 Å². The number of unbranched alkanes of at least 4 members (excludes halogenated alkanes) is 2. The van der Waals surface area contributed by atoms with Gasteiger partial charge in [-0.15, -0.1) is 0 Å². The number of H-pyrrole nitrogens is 1. The van der Waals surface area contributed by atoms with Gasteiger partial charge in [-0.1, -0.05) is 96.8 Å². The summed E-state index contributed by atoms with van der Waals surface area (Å²) in [7, 11) is -0.356. The number of rotatable bonds is 14. The van der Waals surface area contributed by atoms with Crippen molar-refractivity contribution < 1.29 is 36.7 Å². The number of nitrogens with one attached hydrogen (secondary N) is 4. The summed E-state index contributed by atoms with van der Waals surface area (Å²) in [6, 6.07) is 16.7. The molecular formula is C48H55N6O8P2+. The predicted octanol–water partition coefficient (Wildman–Crippen LogP) is 10.0. The van der Waals surface area contributed by atoms with Gasteiger partial charge in [-0.3, -0.25) is 9.59 Å². The summed E-state index contributed by atoms with van der Waals surface area (Å²) in [5.74, 6) is 0.948. The number of hydrogen-bond acceptors (Lipinski definition) is 11. The van der Waals surface area contributed by atoms with E-state index < -0.39 is 49.3 Å². The van der Waals surface area contributed by atoms with Crippen LogP contribution in [-0.2, 0) is 35.0 Å². The van der Waals surface area contributed by atoms with Crippen molar-refractivity contribution in [3.05, 3.63) is 95.3 Å². The van der Waals surface area contributed by atoms with Crippen LogP contribution >= 0.6 is 16.6 Å². The van der Waals surface area contributed by atoms with Crippen LogP contribution in [0.1, 0.15) is 102 Å². The second kappa shape index (κ2) is 16.7. The molecule has 2 amide bonds. The number of ether oxygens (including phenoxy) is 1. The van der Waals surface area contributed by atoms with Crippen molar-refractivity contribution in [2.24, 2.45) is 11.8 Å². The zero-order chi connectivity index (χ0) is 44.5. The highest BCUT2D eigenvalue weighted by molar-refractivity contribution is 8.16. The van der Waals surface area contributed by atoms with E-state index in [1.807, 2.05) is 52.1 Å². The van der Waals surface area contributed by atoms with Crippen LogP contribution in [0, 0.1) is 11.8 Å². The fourth-order valence-electron chi connectivity index (χ4n) is 9.51. The van der Waals surface area contributed by atoms with E-state index in [4.69, 9.17) is 37.1 Å². The van der Waals surface area contributed by atoms with Crippen molar-refractivity contribution in [3.8, 4) is 39.8 Å². The molecule has 4 N–H and O–H groups in total. The highest BCUT2D eigenvalue weighted by Crippen LogP contribution is 2.71. The molecule has 3 aromatic carbocycles. The summed E-state index contributed by atoms with van der Waals surface area (Å²) >= 11 is 0. The summed E-state index contributed by atoms with van der Waals surface area (Å²) in [5.41, 5.74) is 6.62. The number of carbonyl (C=O) groups is 2. The Morgan fingerprint density at radius 1 is 0.969 bits per heavy atom. The number of nitrogens with zero attached hydrogens (tertiary/aromatic N) is 2. The number of aromatic nitrogens is 3. The van der Waals surface area contributed by atoms with Crippen molar-refractivity contribution in [1.29, 1.82) is 0 Å². The van der Waals surface area contributed by atoms with Gasteiger partial charge in [0.1, 0.15) is 32.2 Å². The zero-order valence-electron chi connectivity index (χ0n) is 36.9. The number of benzene rings is 3. The molecule has 1 spiro atoms. The van der Waals surface area contributed by atoms with E-state index in [0.29, 0.717) is 36.2 Å². The molecule has 0 radical (unpaired) electrons. The molecule has 4 aliphatic rings. The van der Waals surface area contributed by atoms with Crippen LogP contribution in [0.5, 0.6) is 5.75 Å². The normalized spacial score (nSPS) is 20.9. The molecule has 6 atom stereocenters. The Morgan fingerprint density at radius 3 is 2.48 bits per heavy atom. The minimum Gasteiger partial charge on any atom is -0.469 e. The van der Waals surface area contributed by atoms with Gasteiger partial charge < -0.3 is 34.5 Å². The summed E-state index contributed by atoms with van der Waals surface area (Å²) in [4.78, 5) is 42.8. The molecule has 3 aromatic heterocycles. The Morgan fingerprint density at radius 2 is 1.73 bits per heavy atom. The molecule has 0 fully saturated rings. The van der Waals surface area contributed by atoms with E-state index in [-0.39, 0.29) is 30.0 Å². The van der Waals surface area contributed by atoms with E-state index in [2.05, 4.69) is 80.1 Å². The van der Waals surface area contributed by atoms with Gasteiger partial charge >= 0.3 is 7.63 Å². The van der Waals surface area contributed by atoms with Crippen LogP contribution in [-0.4, -0.2) is 58.4 Å². The average molecular weight is 906 g/mol. The number of oxazole rings is 2. The van der Waals surface area contributed by atoms with Gasteiger partial charge in [0.25, 0.3) is 5.91 Å². The van der Waals surface area contributed by atoms with Gasteiger partial charge in [-0.2, -0.15) is 13.6 Å². The van der Waals surface area contributed by atoms with E-state index in [1.54, 1.807) is 6.20 Å². The van der Waals surface area contributed by atoms with E-state index in [9.17, 15) is 9.59 Å². The molecular weight excluding hydrogens is 851 g/mol. The minimum absolute atomic E-state index is 0.170. The second-order valence-electron chi connectivity index (χ2n) is 17.9. The molecule has 4 aliphatic heterocycles. The van der Waals surface area contributed by atoms with E-state index in [1.165, 1.54) is 0 Å². The topological polar surface area (TPSA) is 175 Å². The molecule has 0 saturated heterocycles. The number of anilines is 1. The molecule has 334 valence electrons. The monoisotopic (exact) mass is 905 g/mol. The number of para-hydroxylation sites is 1. The lowest BCUT2D eigenvalue weighted by Gasteiger charge is -2.29. The fraction of sp³-hybridized carbons (Fsp3) is 0.417. The van der Waals surface area contributed by atoms with Crippen LogP contribution < -0.4 is 20.7 Å². The Hall–Kier alpha value is -5.10. The lowest BCUT2D eigenvalue weighted by atomic mass is 9.72. The Kier molecular flexibility index (Phi) is 11.2. The van der Waals surface area contributed by atoms with Crippen LogP contribution in [0.2, 0.25) is 0 Å². The maximum Gasteiger partial charge on any atom is 0.422 e. The molecule has 64 heavy (non-hydrogen) atoms. The first-order valence-corrected chi connectivity index (χ1v) is 25.6. The number of carbonyl (C=O) groups excluding carboxylic acids is 2. The summed E-state index contributed by atoms with van der Waals surface area (Å²) in [6.45, 7) is 12.9. The number of fused-ring (bicyclic) bond motifs is 7. The summed E-state index contributed by atoms with van der Waals surface area (Å²) in [5, 5.41) is 11.2. The van der Waals surface area contributed by atoms with Crippen molar-refractivity contribution >= 4 is 45.0 Å². The van der Waals surface area contributed by atoms with Gasteiger partial charge in [0, 0.05) is 51.5 Å². The first kappa shape index (κ1) is 42.8. The molecule has 7 heterocycles. The summed E-state index contributed by atoms with van der Waals surface area (Å²) in [6.07, 6.45) is 5.72. The predicted molar refractivity (Wildman–Crippen MR) is 249 cm³/mol. The third kappa shape index (κ3) is 7.04. The number of amides is 2. The maximum absolute atomic E-state index is 14.8. The van der Waals surface area contributed by atoms with Crippen molar-refractivity contribution in [2.45, 2.75) is 103 Å². The van der Waals surface area contributed by atoms with Gasteiger partial charge in [-0.25, -0.2) is 9.97 Å². The van der Waals surface area contributed by atoms with Gasteiger partial charge in [0.15, 0.2) is 29.5 Å². The fourth-order valence-corrected chi connectivity index (χ4v) is 12.2. The Labute approximate surface area is 375 Å². The Bertz CT molecular complexity index is 2750. The molecule has 0 saturated carbocycles. The smallest absolute Gasteiger partial charge is 0.422 e. The number of hydrogen-bond donors (Lipinski definition) is 4. The third-order valence-electron chi connectivity index (χ3n) is 12.8. The number of aromatic amines is 1. The van der Waals surface area contributed by atoms with Crippen LogP contribution in [0.3, 0.4) is 0 Å². The quantitative estimate of drug-likeness (QED) is 0.0605. The summed E-state index contributed by atoms with van der Waals surface area (Å²) < 4.78 is 39.7. The van der Waals surface area contributed by atoms with Gasteiger partial charge in [-0.05, 0) is 47.9 Å². The molecule has 16 heteroatoms. The minimum atomic E-state index is -2.99. The molecule has 0 aliphatic carbocycles. The highest BCUT2D eigenvalue weighted by Gasteiger charge is 2.62. The maximum atomic E-state index is 14.8. The standard InChI is InChI=1S/C48H54N6O8P2/c1-7-9-19-57-64(63,58-20-10-8-2)62-41(26(5)6)44(56)51-34-22-27-17-18-35-32(21-27)48-31-15-11-14-29(39(31)54-47(48)60-35)28-13-12-16-33-37(28)30(23-49-33)36-24-50-45(59-36)40-42(48)61-46(53-40)38(25(3)4)52-43(34)55/h11-18,21,23-26,34,38,41,47,49,54H,7-10,19-20,22,63H2,1-6H3,(H-,51,52,55,56)/p+1/t34-,38?,41-,47?,48?/m0/s1. The van der Waals surface area contributed by atoms with Crippen molar-refractivity contribution in [3.63, 3.8) is 0 Å². The van der Waals surface area contributed by atoms with Crippen LogP contribution in [0.25, 0.3) is 44.9 Å². The largest absolute Gasteiger partial charge is 0.469 e. The Balaban J connectivity index is 1.11. The zero-order valence-corrected chi connectivity index (χ0v) is 39.0. The first-order valence-electron chi connectivity index (χ1n) is 22.5. The van der Waals surface area contributed by atoms with Gasteiger partial charge in [0.2, 0.25) is 17.7 Å². The van der Waals surface area contributed by atoms with Gasteiger partial charge in [0.05, 0.1) is 19.4 Å². The average Bonchev–Trinajstić information content (AvgIpc) is 4.11. The highest BCUT2D eigenvalue weighted by atomic mass is 32.1. The molecule has 10 rings (SSSR count). The second-order valence-corrected chi connectivity index (χ2v) is 21.6. The molecule has 6 aromatic rings. The van der Waals surface area contributed by atoms with E-state index >= 15 is 0 Å². The van der Waals surface area contributed by atoms with Crippen molar-refractivity contribution in [1.82, 2.24) is 25.6 Å². The van der Waals surface area contributed by atoms with Crippen LogP contribution in [0.4, 0.5) is 5.69 Å². The molecule has 4 unspecified atom stereocenters. The van der Waals surface area contributed by atoms with E-state index in [0.717, 1.165) is 75.7 Å². The molecule has 10 bridgehead atoms. The molecule has 14 nitrogen and oxygen atoms in total. The SMILES string of the molecule is CCCCO[P+](P)(OCCCC)O[C@H](C(=O)N[C@H]1Cc2ccc3c(c2)C24c5cccc(c5NC2O3)-c2cccc3[nH]cc(c23)-c2cnc(o2)-c2nc(oc24)C(C(C)C)NC1=O)C(C)C. The first-order chi connectivity index (χ1) is 30.9.